The molecule has 1 amide bonds. The number of piperidine rings is 1. The van der Waals surface area contributed by atoms with Crippen molar-refractivity contribution < 1.29 is 4.79 Å². The van der Waals surface area contributed by atoms with Gasteiger partial charge in [-0.15, -0.1) is 0 Å². The van der Waals surface area contributed by atoms with Gasteiger partial charge in [-0.25, -0.2) is 0 Å². The van der Waals surface area contributed by atoms with Crippen LogP contribution in [-0.4, -0.2) is 46.8 Å². The summed E-state index contributed by atoms with van der Waals surface area (Å²) in [5, 5.41) is 7.34. The maximum absolute atomic E-state index is 12.3. The highest BCUT2D eigenvalue weighted by Crippen LogP contribution is 2.17. The lowest BCUT2D eigenvalue weighted by Gasteiger charge is -2.30. The van der Waals surface area contributed by atoms with Gasteiger partial charge in [-0.3, -0.25) is 9.48 Å². The van der Waals surface area contributed by atoms with Crippen LogP contribution in [0.3, 0.4) is 0 Å². The summed E-state index contributed by atoms with van der Waals surface area (Å²) < 4.78 is 1.58. The fraction of sp³-hybridized carbons (Fsp3) is 0.692. The third-order valence-corrected chi connectivity index (χ3v) is 3.67. The van der Waals surface area contributed by atoms with Crippen LogP contribution in [0.15, 0.2) is 0 Å². The van der Waals surface area contributed by atoms with Crippen LogP contribution < -0.4 is 11.1 Å². The van der Waals surface area contributed by atoms with Crippen LogP contribution in [0.1, 0.15) is 35.9 Å². The second-order valence-corrected chi connectivity index (χ2v) is 5.26. The molecule has 1 aromatic rings. The van der Waals surface area contributed by atoms with Crippen molar-refractivity contribution in [2.75, 3.05) is 25.9 Å². The van der Waals surface area contributed by atoms with Gasteiger partial charge in [0.2, 0.25) is 0 Å². The third kappa shape index (κ3) is 2.89. The number of aryl methyl sites for hydroxylation is 2. The van der Waals surface area contributed by atoms with Crippen LogP contribution in [0, 0.1) is 0 Å². The molecule has 1 atom stereocenters. The van der Waals surface area contributed by atoms with Gasteiger partial charge >= 0.3 is 0 Å². The van der Waals surface area contributed by atoms with E-state index in [0.717, 1.165) is 38.0 Å². The zero-order valence-corrected chi connectivity index (χ0v) is 11.9. The first kappa shape index (κ1) is 13.9. The van der Waals surface area contributed by atoms with Gasteiger partial charge in [-0.1, -0.05) is 6.92 Å². The Bertz CT molecular complexity index is 468. The maximum Gasteiger partial charge on any atom is 0.271 e. The minimum Gasteiger partial charge on any atom is -0.395 e. The van der Waals surface area contributed by atoms with Gasteiger partial charge in [0.1, 0.15) is 5.69 Å². The Kier molecular flexibility index (Phi) is 4.09. The molecule has 19 heavy (non-hydrogen) atoms. The van der Waals surface area contributed by atoms with Gasteiger partial charge < -0.3 is 16.0 Å². The molecular weight excluding hydrogens is 242 g/mol. The zero-order valence-electron chi connectivity index (χ0n) is 11.9. The predicted octanol–water partition coefficient (Wildman–Crippen LogP) is 0.389. The summed E-state index contributed by atoms with van der Waals surface area (Å²) >= 11 is 0. The van der Waals surface area contributed by atoms with E-state index in [1.807, 2.05) is 6.92 Å². The number of anilines is 1. The number of likely N-dealkylation sites (N-methyl/N-ethyl adjacent to an activating group) is 1. The molecular formula is C13H23N5O. The fourth-order valence-corrected chi connectivity index (χ4v) is 2.66. The van der Waals surface area contributed by atoms with Crippen molar-refractivity contribution in [3.05, 3.63) is 11.4 Å². The first-order valence-electron chi connectivity index (χ1n) is 6.83. The lowest BCUT2D eigenvalue weighted by molar-refractivity contribution is 0.0904. The summed E-state index contributed by atoms with van der Waals surface area (Å²) in [6, 6.07) is 0.200. The van der Waals surface area contributed by atoms with E-state index in [0.29, 0.717) is 11.4 Å². The van der Waals surface area contributed by atoms with E-state index < -0.39 is 0 Å². The van der Waals surface area contributed by atoms with Gasteiger partial charge in [0, 0.05) is 19.6 Å². The first-order valence-corrected chi connectivity index (χ1v) is 6.83. The van der Waals surface area contributed by atoms with E-state index in [2.05, 4.69) is 22.4 Å². The number of nitrogens with two attached hydrogens (primary N) is 1. The van der Waals surface area contributed by atoms with Crippen LogP contribution in [0.4, 0.5) is 5.69 Å². The van der Waals surface area contributed by atoms with E-state index in [1.54, 1.807) is 11.7 Å². The molecule has 0 saturated carbocycles. The number of nitrogen functional groups attached to an aromatic ring is 1. The molecule has 0 aromatic carbocycles. The van der Waals surface area contributed by atoms with Crippen molar-refractivity contribution in [3.8, 4) is 0 Å². The van der Waals surface area contributed by atoms with Gasteiger partial charge in [-0.2, -0.15) is 5.10 Å². The zero-order chi connectivity index (χ0) is 14.0. The Labute approximate surface area is 113 Å². The van der Waals surface area contributed by atoms with Crippen LogP contribution >= 0.6 is 0 Å². The second-order valence-electron chi connectivity index (χ2n) is 5.26. The summed E-state index contributed by atoms with van der Waals surface area (Å²) in [6.07, 6.45) is 2.87. The summed E-state index contributed by atoms with van der Waals surface area (Å²) in [5.74, 6) is -0.118. The molecule has 1 unspecified atom stereocenters. The molecule has 2 rings (SSSR count). The summed E-state index contributed by atoms with van der Waals surface area (Å²) in [5.41, 5.74) is 7.76. The summed E-state index contributed by atoms with van der Waals surface area (Å²) in [7, 11) is 3.84. The van der Waals surface area contributed by atoms with Crippen LogP contribution in [0.5, 0.6) is 0 Å². The van der Waals surface area contributed by atoms with Gasteiger partial charge in [-0.05, 0) is 32.9 Å². The number of amides is 1. The molecule has 1 aromatic heterocycles. The molecule has 0 aliphatic carbocycles. The smallest absolute Gasteiger partial charge is 0.271 e. The predicted molar refractivity (Wildman–Crippen MR) is 75.0 cm³/mol. The number of nitrogens with zero attached hydrogens (tertiary/aromatic N) is 3. The Balaban J connectivity index is 2.09. The van der Waals surface area contributed by atoms with Crippen molar-refractivity contribution >= 4 is 11.6 Å². The lowest BCUT2D eigenvalue weighted by Crippen LogP contribution is -2.46. The molecule has 3 N–H and O–H groups in total. The number of carbonyl (C=O) groups is 1. The van der Waals surface area contributed by atoms with Crippen LogP contribution in [0.2, 0.25) is 0 Å². The lowest BCUT2D eigenvalue weighted by atomic mass is 10.1. The number of rotatable bonds is 3. The monoisotopic (exact) mass is 265 g/mol. The van der Waals surface area contributed by atoms with Crippen LogP contribution in [-0.2, 0) is 13.5 Å². The van der Waals surface area contributed by atoms with E-state index in [1.165, 1.54) is 0 Å². The van der Waals surface area contributed by atoms with E-state index in [9.17, 15) is 4.79 Å². The van der Waals surface area contributed by atoms with Gasteiger partial charge in [0.15, 0.2) is 0 Å². The van der Waals surface area contributed by atoms with Crippen molar-refractivity contribution in [3.63, 3.8) is 0 Å². The normalized spacial score (nSPS) is 20.5. The highest BCUT2D eigenvalue weighted by molar-refractivity contribution is 5.98. The van der Waals surface area contributed by atoms with Crippen molar-refractivity contribution in [2.24, 2.45) is 7.05 Å². The van der Waals surface area contributed by atoms with Crippen molar-refractivity contribution in [2.45, 2.75) is 32.2 Å². The standard InChI is InChI=1S/C13H23N5O/c1-4-10-11(14)12(18(3)16-10)13(19)15-9-6-5-7-17(2)8-9/h9H,4-8,14H2,1-3H3,(H,15,19). The minimum absolute atomic E-state index is 0.118. The molecule has 0 spiro atoms. The molecule has 106 valence electrons. The molecule has 1 aliphatic heterocycles. The number of nitrogens with one attached hydrogen (secondary N) is 1. The first-order chi connectivity index (χ1) is 9.02. The highest BCUT2D eigenvalue weighted by atomic mass is 16.2. The number of aromatic nitrogens is 2. The number of hydrogen-bond acceptors (Lipinski definition) is 4. The fourth-order valence-electron chi connectivity index (χ4n) is 2.66. The quantitative estimate of drug-likeness (QED) is 0.829. The molecule has 1 fully saturated rings. The van der Waals surface area contributed by atoms with Crippen molar-refractivity contribution in [1.82, 2.24) is 20.0 Å². The number of likely N-dealkylation sites (tertiary alicyclic amines) is 1. The largest absolute Gasteiger partial charge is 0.395 e. The summed E-state index contributed by atoms with van der Waals surface area (Å²) in [4.78, 5) is 14.6. The Morgan fingerprint density at radius 2 is 2.26 bits per heavy atom. The van der Waals surface area contributed by atoms with Crippen molar-refractivity contribution in [1.29, 1.82) is 0 Å². The number of carbonyl (C=O) groups excluding carboxylic acids is 1. The van der Waals surface area contributed by atoms with Gasteiger partial charge in [0.05, 0.1) is 11.4 Å². The molecule has 2 heterocycles. The minimum atomic E-state index is -0.118. The van der Waals surface area contributed by atoms with Crippen LogP contribution in [0.25, 0.3) is 0 Å². The molecule has 6 heteroatoms. The Morgan fingerprint density at radius 1 is 1.53 bits per heavy atom. The average molecular weight is 265 g/mol. The molecule has 0 bridgehead atoms. The highest BCUT2D eigenvalue weighted by Gasteiger charge is 2.24. The number of hydrogen-bond donors (Lipinski definition) is 2. The molecule has 1 aliphatic rings. The average Bonchev–Trinajstić information content (AvgIpc) is 2.64. The van der Waals surface area contributed by atoms with E-state index >= 15 is 0 Å². The third-order valence-electron chi connectivity index (χ3n) is 3.67. The molecule has 0 radical (unpaired) electrons. The Morgan fingerprint density at radius 3 is 2.84 bits per heavy atom. The molecule has 1 saturated heterocycles. The van der Waals surface area contributed by atoms with E-state index in [4.69, 9.17) is 5.73 Å². The van der Waals surface area contributed by atoms with Gasteiger partial charge in [0.25, 0.3) is 5.91 Å². The molecule has 6 nitrogen and oxygen atoms in total. The summed E-state index contributed by atoms with van der Waals surface area (Å²) in [6.45, 7) is 3.97. The maximum atomic E-state index is 12.3. The topological polar surface area (TPSA) is 76.2 Å². The SMILES string of the molecule is CCc1nn(C)c(C(=O)NC2CCCN(C)C2)c1N. The second kappa shape index (κ2) is 5.61. The Hall–Kier alpha value is -1.56. The van der Waals surface area contributed by atoms with E-state index in [-0.39, 0.29) is 11.9 Å².